The van der Waals surface area contributed by atoms with Crippen LogP contribution in [0.15, 0.2) is 12.3 Å². The van der Waals surface area contributed by atoms with E-state index < -0.39 is 5.97 Å². The second-order valence-corrected chi connectivity index (χ2v) is 4.18. The Morgan fingerprint density at radius 3 is 2.11 bits per heavy atom. The Morgan fingerprint density at radius 2 is 1.67 bits per heavy atom. The predicted molar refractivity (Wildman–Crippen MR) is 73.7 cm³/mol. The highest BCUT2D eigenvalue weighted by atomic mass is 16.4. The van der Waals surface area contributed by atoms with Gasteiger partial charge in [-0.25, -0.2) is 4.79 Å². The van der Waals surface area contributed by atoms with Gasteiger partial charge in [0.05, 0.1) is 0 Å². The van der Waals surface area contributed by atoms with Gasteiger partial charge in [-0.15, -0.1) is 0 Å². The van der Waals surface area contributed by atoms with Gasteiger partial charge in [-0.3, -0.25) is 4.90 Å². The van der Waals surface area contributed by atoms with Gasteiger partial charge >= 0.3 is 5.97 Å². The molecule has 0 fully saturated rings. The van der Waals surface area contributed by atoms with Crippen LogP contribution in [0.4, 0.5) is 0 Å². The molecule has 3 N–H and O–H groups in total. The van der Waals surface area contributed by atoms with Gasteiger partial charge in [0.2, 0.25) is 0 Å². The van der Waals surface area contributed by atoms with E-state index in [1.54, 1.807) is 6.20 Å². The smallest absolute Gasteiger partial charge is 0.329 e. The maximum absolute atomic E-state index is 10.4. The van der Waals surface area contributed by atoms with E-state index in [1.165, 1.54) is 0 Å². The predicted octanol–water partition coefficient (Wildman–Crippen LogP) is -0.743. The summed E-state index contributed by atoms with van der Waals surface area (Å²) >= 11 is 0. The van der Waals surface area contributed by atoms with E-state index in [9.17, 15) is 4.79 Å². The quantitative estimate of drug-likeness (QED) is 0.424. The van der Waals surface area contributed by atoms with E-state index in [1.807, 2.05) is 26.0 Å². The van der Waals surface area contributed by atoms with Crippen molar-refractivity contribution in [3.8, 4) is 0 Å². The summed E-state index contributed by atoms with van der Waals surface area (Å²) in [4.78, 5) is 14.6. The summed E-state index contributed by atoms with van der Waals surface area (Å²) in [5, 5.41) is 14.8. The van der Waals surface area contributed by atoms with Crippen molar-refractivity contribution in [3.05, 3.63) is 12.3 Å². The molecule has 0 spiro atoms. The summed E-state index contributed by atoms with van der Waals surface area (Å²) in [6.07, 6.45) is 2.75. The maximum Gasteiger partial charge on any atom is 0.329 e. The van der Waals surface area contributed by atoms with Crippen LogP contribution in [0.2, 0.25) is 0 Å². The Balaban J connectivity index is 3.95. The third kappa shape index (κ3) is 10.1. The number of nitrogens with zero attached hydrogens (tertiary/aromatic N) is 2. The highest BCUT2D eigenvalue weighted by Gasteiger charge is 2.04. The van der Waals surface area contributed by atoms with Gasteiger partial charge in [0.1, 0.15) is 0 Å². The molecule has 0 aromatic rings. The molecule has 6 heteroatoms. The number of hydrogen-bond donors (Lipinski definition) is 3. The van der Waals surface area contributed by atoms with E-state index in [0.717, 1.165) is 45.3 Å². The number of rotatable bonds is 11. The van der Waals surface area contributed by atoms with Crippen molar-refractivity contribution in [2.45, 2.75) is 0 Å². The number of carboxylic acids is 1. The number of aliphatic carboxylic acids is 1. The minimum atomic E-state index is -0.913. The fourth-order valence-electron chi connectivity index (χ4n) is 1.44. The first-order valence-corrected chi connectivity index (χ1v) is 6.23. The topological polar surface area (TPSA) is 67.8 Å². The van der Waals surface area contributed by atoms with E-state index in [-0.39, 0.29) is 0 Å². The van der Waals surface area contributed by atoms with Crippen LogP contribution in [0, 0.1) is 0 Å². The molecule has 6 nitrogen and oxygen atoms in total. The summed E-state index contributed by atoms with van der Waals surface area (Å²) in [6, 6.07) is 0. The van der Waals surface area contributed by atoms with Crippen molar-refractivity contribution in [1.82, 2.24) is 20.4 Å². The molecule has 0 radical (unpaired) electrons. The Kier molecular flexibility index (Phi) is 10.3. The van der Waals surface area contributed by atoms with Crippen LogP contribution >= 0.6 is 0 Å². The summed E-state index contributed by atoms with van der Waals surface area (Å²) < 4.78 is 0. The molecule has 0 aromatic heterocycles. The molecule has 0 unspecified atom stereocenters. The van der Waals surface area contributed by atoms with Crippen LogP contribution in [-0.2, 0) is 4.79 Å². The molecule has 0 aliphatic heterocycles. The molecule has 18 heavy (non-hydrogen) atoms. The van der Waals surface area contributed by atoms with Gasteiger partial charge in [-0.2, -0.15) is 0 Å². The van der Waals surface area contributed by atoms with Gasteiger partial charge in [0, 0.05) is 58.6 Å². The van der Waals surface area contributed by atoms with E-state index in [0.29, 0.717) is 0 Å². The molecule has 106 valence electrons. The van der Waals surface area contributed by atoms with Crippen LogP contribution in [-0.4, -0.2) is 81.3 Å². The average Bonchev–Trinajstić information content (AvgIpc) is 2.35. The lowest BCUT2D eigenvalue weighted by Gasteiger charge is -2.24. The molecular formula is C12H26N4O2. The third-order valence-corrected chi connectivity index (χ3v) is 2.60. The number of carboxylic acid groups (broad SMARTS) is 1. The van der Waals surface area contributed by atoms with E-state index in [4.69, 9.17) is 5.11 Å². The second kappa shape index (κ2) is 11.0. The van der Waals surface area contributed by atoms with E-state index in [2.05, 4.69) is 15.5 Å². The van der Waals surface area contributed by atoms with Crippen molar-refractivity contribution >= 4 is 5.97 Å². The van der Waals surface area contributed by atoms with Gasteiger partial charge in [-0.05, 0) is 14.1 Å². The molecule has 0 amide bonds. The first kappa shape index (κ1) is 16.9. The van der Waals surface area contributed by atoms with Crippen molar-refractivity contribution in [1.29, 1.82) is 0 Å². The van der Waals surface area contributed by atoms with Crippen molar-refractivity contribution in [3.63, 3.8) is 0 Å². The molecule has 0 aliphatic rings. The van der Waals surface area contributed by atoms with Crippen LogP contribution in [0.1, 0.15) is 0 Å². The first-order chi connectivity index (χ1) is 8.60. The lowest BCUT2D eigenvalue weighted by atomic mass is 10.4. The second-order valence-electron chi connectivity index (χ2n) is 4.18. The molecule has 0 bridgehead atoms. The number of likely N-dealkylation sites (N-methyl/N-ethyl adjacent to an activating group) is 3. The largest absolute Gasteiger partial charge is 0.478 e. The molecule has 0 saturated carbocycles. The molecule has 0 atom stereocenters. The lowest BCUT2D eigenvalue weighted by Crippen LogP contribution is -2.39. The monoisotopic (exact) mass is 258 g/mol. The Hall–Kier alpha value is -1.11. The highest BCUT2D eigenvalue weighted by Crippen LogP contribution is 1.91. The minimum absolute atomic E-state index is 0.817. The minimum Gasteiger partial charge on any atom is -0.478 e. The standard InChI is InChI=1S/C12H26N4O2/c1-13-5-8-16(9-6-14-2)11-10-15(3)7-4-12(17)18/h4,7,13-14H,5-6,8-11H2,1-3H3,(H,17,18)/b7-4+. The van der Waals surface area contributed by atoms with Gasteiger partial charge in [0.15, 0.2) is 0 Å². The highest BCUT2D eigenvalue weighted by molar-refractivity contribution is 5.79. The summed E-state index contributed by atoms with van der Waals surface area (Å²) in [7, 11) is 5.77. The zero-order chi connectivity index (χ0) is 13.8. The fourth-order valence-corrected chi connectivity index (χ4v) is 1.44. The molecular weight excluding hydrogens is 232 g/mol. The number of carbonyl (C=O) groups is 1. The summed E-state index contributed by atoms with van der Waals surface area (Å²) in [5.74, 6) is -0.913. The van der Waals surface area contributed by atoms with Crippen molar-refractivity contribution in [2.75, 3.05) is 60.4 Å². The van der Waals surface area contributed by atoms with Crippen LogP contribution < -0.4 is 10.6 Å². The zero-order valence-electron chi connectivity index (χ0n) is 11.6. The third-order valence-electron chi connectivity index (χ3n) is 2.60. The first-order valence-electron chi connectivity index (χ1n) is 6.23. The maximum atomic E-state index is 10.4. The SMILES string of the molecule is CNCCN(CCNC)CCN(C)/C=C/C(=O)O. The summed E-state index contributed by atoms with van der Waals surface area (Å²) in [5.41, 5.74) is 0. The Morgan fingerprint density at radius 1 is 1.11 bits per heavy atom. The van der Waals surface area contributed by atoms with Crippen molar-refractivity contribution in [2.24, 2.45) is 0 Å². The number of nitrogens with one attached hydrogen (secondary N) is 2. The lowest BCUT2D eigenvalue weighted by molar-refractivity contribution is -0.131. The van der Waals surface area contributed by atoms with Gasteiger partial charge in [0.25, 0.3) is 0 Å². The fraction of sp³-hybridized carbons (Fsp3) is 0.750. The molecule has 0 aromatic carbocycles. The molecule has 0 aliphatic carbocycles. The van der Waals surface area contributed by atoms with Crippen molar-refractivity contribution < 1.29 is 9.90 Å². The van der Waals surface area contributed by atoms with Crippen LogP contribution in [0.25, 0.3) is 0 Å². The molecule has 0 saturated heterocycles. The average molecular weight is 258 g/mol. The Bertz CT molecular complexity index is 238. The molecule has 0 heterocycles. The van der Waals surface area contributed by atoms with Crippen LogP contribution in [0.3, 0.4) is 0 Å². The molecule has 0 rings (SSSR count). The van der Waals surface area contributed by atoms with Crippen LogP contribution in [0.5, 0.6) is 0 Å². The van der Waals surface area contributed by atoms with Gasteiger partial charge < -0.3 is 20.6 Å². The zero-order valence-corrected chi connectivity index (χ0v) is 11.6. The normalized spacial score (nSPS) is 11.3. The summed E-state index contributed by atoms with van der Waals surface area (Å²) in [6.45, 7) is 5.64. The van der Waals surface area contributed by atoms with E-state index >= 15 is 0 Å². The number of hydrogen-bond acceptors (Lipinski definition) is 5. The van der Waals surface area contributed by atoms with Gasteiger partial charge in [-0.1, -0.05) is 0 Å². The Labute approximate surface area is 110 Å².